The Kier molecular flexibility index (Phi) is 4.69. The van der Waals surface area contributed by atoms with E-state index in [0.29, 0.717) is 11.4 Å². The van der Waals surface area contributed by atoms with Gasteiger partial charge in [0.15, 0.2) is 5.82 Å². The van der Waals surface area contributed by atoms with E-state index in [9.17, 15) is 4.79 Å². The third-order valence-corrected chi connectivity index (χ3v) is 4.20. The summed E-state index contributed by atoms with van der Waals surface area (Å²) in [6.07, 6.45) is 2.03. The first-order valence-corrected chi connectivity index (χ1v) is 8.22. The van der Waals surface area contributed by atoms with Gasteiger partial charge in [-0.3, -0.25) is 0 Å². The van der Waals surface area contributed by atoms with Gasteiger partial charge in [-0.25, -0.2) is 4.79 Å². The molecule has 7 nitrogen and oxygen atoms in total. The number of benzene rings is 1. The number of nitrogens with one attached hydrogen (secondary N) is 2. The largest absolute Gasteiger partial charge is 0.497 e. The van der Waals surface area contributed by atoms with Crippen molar-refractivity contribution in [3.8, 4) is 5.75 Å². The highest BCUT2D eigenvalue weighted by atomic mass is 16.5. The normalized spacial score (nSPS) is 14.3. The first-order chi connectivity index (χ1) is 11.6. The lowest BCUT2D eigenvalue weighted by molar-refractivity contribution is 0.243. The van der Waals surface area contributed by atoms with Gasteiger partial charge in [-0.05, 0) is 24.5 Å². The number of fused-ring (bicyclic) bond motifs is 1. The molecule has 3 rings (SSSR count). The highest BCUT2D eigenvalue weighted by Crippen LogP contribution is 2.25. The van der Waals surface area contributed by atoms with Crippen molar-refractivity contribution in [3.63, 3.8) is 0 Å². The van der Waals surface area contributed by atoms with Crippen LogP contribution in [0.15, 0.2) is 24.3 Å². The van der Waals surface area contributed by atoms with Crippen molar-refractivity contribution in [1.82, 2.24) is 20.1 Å². The molecule has 0 unspecified atom stereocenters. The highest BCUT2D eigenvalue weighted by Gasteiger charge is 2.27. The van der Waals surface area contributed by atoms with Gasteiger partial charge in [-0.1, -0.05) is 19.9 Å². The van der Waals surface area contributed by atoms with Gasteiger partial charge in [0.2, 0.25) is 0 Å². The molecule has 24 heavy (non-hydrogen) atoms. The predicted octanol–water partition coefficient (Wildman–Crippen LogP) is 2.75. The van der Waals surface area contributed by atoms with E-state index in [1.807, 2.05) is 18.2 Å². The molecule has 1 aliphatic heterocycles. The SMILES string of the molecule is COc1cccc(NC(=O)N[C@@H](c2nnc3n2CCC3)C(C)C)c1. The van der Waals surface area contributed by atoms with Crippen LogP contribution in [0.25, 0.3) is 0 Å². The maximum Gasteiger partial charge on any atom is 0.319 e. The van der Waals surface area contributed by atoms with Crippen molar-refractivity contribution >= 4 is 11.7 Å². The van der Waals surface area contributed by atoms with Crippen LogP contribution >= 0.6 is 0 Å². The smallest absolute Gasteiger partial charge is 0.319 e. The fourth-order valence-corrected chi connectivity index (χ4v) is 2.94. The number of hydrogen-bond acceptors (Lipinski definition) is 4. The van der Waals surface area contributed by atoms with Crippen LogP contribution in [0, 0.1) is 5.92 Å². The van der Waals surface area contributed by atoms with Gasteiger partial charge in [-0.2, -0.15) is 0 Å². The van der Waals surface area contributed by atoms with E-state index >= 15 is 0 Å². The average molecular weight is 329 g/mol. The molecule has 2 aromatic rings. The fourth-order valence-electron chi connectivity index (χ4n) is 2.94. The summed E-state index contributed by atoms with van der Waals surface area (Å²) in [5.41, 5.74) is 0.681. The standard InChI is InChI=1S/C17H23N5O2/c1-11(2)15(16-21-20-14-8-5-9-22(14)16)19-17(23)18-12-6-4-7-13(10-12)24-3/h4,6-7,10-11,15H,5,8-9H2,1-3H3,(H2,18,19,23)/t15-/m1/s1. The highest BCUT2D eigenvalue weighted by molar-refractivity contribution is 5.89. The molecule has 1 aromatic heterocycles. The monoisotopic (exact) mass is 329 g/mol. The van der Waals surface area contributed by atoms with Gasteiger partial charge in [0.05, 0.1) is 13.2 Å². The zero-order valence-electron chi connectivity index (χ0n) is 14.2. The van der Waals surface area contributed by atoms with Crippen LogP contribution in [0.1, 0.15) is 38.0 Å². The van der Waals surface area contributed by atoms with E-state index in [1.165, 1.54) is 0 Å². The Morgan fingerprint density at radius 3 is 2.92 bits per heavy atom. The van der Waals surface area contributed by atoms with Crippen LogP contribution in [0.4, 0.5) is 10.5 Å². The van der Waals surface area contributed by atoms with E-state index in [-0.39, 0.29) is 18.0 Å². The molecule has 1 atom stereocenters. The van der Waals surface area contributed by atoms with E-state index in [4.69, 9.17) is 4.74 Å². The number of carbonyl (C=O) groups is 1. The second-order valence-electron chi connectivity index (χ2n) is 6.28. The molecule has 7 heteroatoms. The zero-order valence-corrected chi connectivity index (χ0v) is 14.2. The molecular weight excluding hydrogens is 306 g/mol. The van der Waals surface area contributed by atoms with Gasteiger partial charge in [0, 0.05) is 24.7 Å². The molecule has 1 aliphatic rings. The van der Waals surface area contributed by atoms with E-state index in [2.05, 4.69) is 39.2 Å². The summed E-state index contributed by atoms with van der Waals surface area (Å²) in [7, 11) is 1.60. The lowest BCUT2D eigenvalue weighted by Crippen LogP contribution is -2.36. The second kappa shape index (κ2) is 6.90. The van der Waals surface area contributed by atoms with Crippen LogP contribution in [-0.4, -0.2) is 27.9 Å². The Balaban J connectivity index is 1.72. The molecule has 0 fully saturated rings. The van der Waals surface area contributed by atoms with Crippen LogP contribution < -0.4 is 15.4 Å². The van der Waals surface area contributed by atoms with Crippen LogP contribution in [-0.2, 0) is 13.0 Å². The number of ether oxygens (including phenoxy) is 1. The summed E-state index contributed by atoms with van der Waals surface area (Å²) in [6, 6.07) is 6.81. The second-order valence-corrected chi connectivity index (χ2v) is 6.28. The minimum atomic E-state index is -0.266. The topological polar surface area (TPSA) is 81.1 Å². The Morgan fingerprint density at radius 1 is 1.33 bits per heavy atom. The minimum absolute atomic E-state index is 0.185. The number of carbonyl (C=O) groups excluding carboxylic acids is 1. The number of aryl methyl sites for hydroxylation is 1. The summed E-state index contributed by atoms with van der Waals surface area (Å²) in [6.45, 7) is 5.04. The Hall–Kier alpha value is -2.57. The Bertz CT molecular complexity index is 726. The maximum absolute atomic E-state index is 12.4. The number of hydrogen-bond donors (Lipinski definition) is 2. The van der Waals surface area contributed by atoms with Gasteiger partial charge >= 0.3 is 6.03 Å². The Labute approximate surface area is 141 Å². The van der Waals surface area contributed by atoms with E-state index in [1.54, 1.807) is 13.2 Å². The predicted molar refractivity (Wildman–Crippen MR) is 91.1 cm³/mol. The van der Waals surface area contributed by atoms with E-state index in [0.717, 1.165) is 31.0 Å². The number of rotatable bonds is 5. The molecular formula is C17H23N5O2. The third kappa shape index (κ3) is 3.34. The molecule has 1 aromatic carbocycles. The molecule has 2 heterocycles. The molecule has 0 spiro atoms. The zero-order chi connectivity index (χ0) is 17.1. The van der Waals surface area contributed by atoms with Crippen LogP contribution in [0.3, 0.4) is 0 Å². The van der Waals surface area contributed by atoms with Crippen molar-refractivity contribution < 1.29 is 9.53 Å². The van der Waals surface area contributed by atoms with Gasteiger partial charge in [0.1, 0.15) is 11.6 Å². The number of urea groups is 1. The molecule has 0 bridgehead atoms. The van der Waals surface area contributed by atoms with Gasteiger partial charge in [0.25, 0.3) is 0 Å². The Morgan fingerprint density at radius 2 is 2.17 bits per heavy atom. The van der Waals surface area contributed by atoms with Crippen LogP contribution in [0.2, 0.25) is 0 Å². The summed E-state index contributed by atoms with van der Waals surface area (Å²) < 4.78 is 7.29. The van der Waals surface area contributed by atoms with Crippen LogP contribution in [0.5, 0.6) is 5.75 Å². The quantitative estimate of drug-likeness (QED) is 0.884. The maximum atomic E-state index is 12.4. The average Bonchev–Trinajstić information content (AvgIpc) is 3.16. The summed E-state index contributed by atoms with van der Waals surface area (Å²) >= 11 is 0. The molecule has 0 saturated carbocycles. The molecule has 0 aliphatic carbocycles. The lowest BCUT2D eigenvalue weighted by atomic mass is 10.0. The molecule has 2 N–H and O–H groups in total. The van der Waals surface area contributed by atoms with Crippen molar-refractivity contribution in [3.05, 3.63) is 35.9 Å². The third-order valence-electron chi connectivity index (χ3n) is 4.20. The molecule has 128 valence electrons. The van der Waals surface area contributed by atoms with Crippen molar-refractivity contribution in [2.75, 3.05) is 12.4 Å². The first kappa shape index (κ1) is 16.3. The molecule has 0 saturated heterocycles. The fraction of sp³-hybridized carbons (Fsp3) is 0.471. The van der Waals surface area contributed by atoms with Gasteiger partial charge in [-0.15, -0.1) is 10.2 Å². The van der Waals surface area contributed by atoms with Crippen molar-refractivity contribution in [1.29, 1.82) is 0 Å². The first-order valence-electron chi connectivity index (χ1n) is 8.22. The summed E-state index contributed by atoms with van der Waals surface area (Å²) in [4.78, 5) is 12.4. The van der Waals surface area contributed by atoms with Crippen molar-refractivity contribution in [2.45, 2.75) is 39.3 Å². The number of amides is 2. The molecule has 0 radical (unpaired) electrons. The number of aromatic nitrogens is 3. The van der Waals surface area contributed by atoms with Crippen molar-refractivity contribution in [2.24, 2.45) is 5.92 Å². The number of methoxy groups -OCH3 is 1. The van der Waals surface area contributed by atoms with Gasteiger partial charge < -0.3 is 19.9 Å². The molecule has 2 amide bonds. The summed E-state index contributed by atoms with van der Waals surface area (Å²) in [5, 5.41) is 14.4. The lowest BCUT2D eigenvalue weighted by Gasteiger charge is -2.22. The number of anilines is 1. The number of nitrogens with zero attached hydrogens (tertiary/aromatic N) is 3. The minimum Gasteiger partial charge on any atom is -0.497 e. The van der Waals surface area contributed by atoms with E-state index < -0.39 is 0 Å². The summed E-state index contributed by atoms with van der Waals surface area (Å²) in [5.74, 6) is 2.74.